The fourth-order valence-corrected chi connectivity index (χ4v) is 4.36. The van der Waals surface area contributed by atoms with E-state index in [1.807, 2.05) is 36.4 Å². The third-order valence-corrected chi connectivity index (χ3v) is 6.97. The van der Waals surface area contributed by atoms with Crippen molar-refractivity contribution in [1.29, 1.82) is 0 Å². The van der Waals surface area contributed by atoms with Gasteiger partial charge in [0.15, 0.2) is 0 Å². The maximum Gasteiger partial charge on any atom is 0.259 e. The highest BCUT2D eigenvalue weighted by Crippen LogP contribution is 2.22. The molecule has 0 aliphatic rings. The standard InChI is InChI=1S/C26H30N2O4S/c1-20(2)17-18-32-25-12-8-7-11-24(25)26(29)27-22-13-15-23(16-14-22)33(30,31)28(3)19-21-9-5-4-6-10-21/h4-16,20H,17-19H2,1-3H3,(H,27,29). The Balaban J connectivity index is 1.68. The lowest BCUT2D eigenvalue weighted by Crippen LogP contribution is -2.26. The lowest BCUT2D eigenvalue weighted by molar-refractivity contribution is 0.102. The van der Waals surface area contributed by atoms with Gasteiger partial charge in [0.2, 0.25) is 10.0 Å². The first-order valence-corrected chi connectivity index (χ1v) is 12.3. The molecule has 0 unspecified atom stereocenters. The highest BCUT2D eigenvalue weighted by molar-refractivity contribution is 7.89. The van der Waals surface area contributed by atoms with Crippen LogP contribution in [0.15, 0.2) is 83.8 Å². The van der Waals surface area contributed by atoms with E-state index in [0.717, 1.165) is 12.0 Å². The maximum atomic E-state index is 12.9. The van der Waals surface area contributed by atoms with Crippen LogP contribution in [0.25, 0.3) is 0 Å². The van der Waals surface area contributed by atoms with Crippen molar-refractivity contribution in [2.45, 2.75) is 31.7 Å². The molecule has 174 valence electrons. The minimum atomic E-state index is -3.66. The predicted molar refractivity (Wildman–Crippen MR) is 131 cm³/mol. The third kappa shape index (κ3) is 6.66. The fourth-order valence-electron chi connectivity index (χ4n) is 3.20. The van der Waals surface area contributed by atoms with E-state index in [2.05, 4.69) is 19.2 Å². The second-order valence-corrected chi connectivity index (χ2v) is 10.3. The van der Waals surface area contributed by atoms with Gasteiger partial charge < -0.3 is 10.1 Å². The molecule has 0 aliphatic heterocycles. The summed E-state index contributed by atoms with van der Waals surface area (Å²) < 4.78 is 32.9. The molecular weight excluding hydrogens is 436 g/mol. The summed E-state index contributed by atoms with van der Waals surface area (Å²) in [6.45, 7) is 5.04. The average molecular weight is 467 g/mol. The van der Waals surface area contributed by atoms with Gasteiger partial charge in [0.25, 0.3) is 5.91 Å². The van der Waals surface area contributed by atoms with Crippen LogP contribution in [0.1, 0.15) is 36.2 Å². The molecular formula is C26H30N2O4S. The number of ether oxygens (including phenoxy) is 1. The first-order valence-electron chi connectivity index (χ1n) is 10.9. The zero-order valence-electron chi connectivity index (χ0n) is 19.2. The molecule has 0 saturated heterocycles. The number of carbonyl (C=O) groups excluding carboxylic acids is 1. The van der Waals surface area contributed by atoms with E-state index in [9.17, 15) is 13.2 Å². The first kappa shape index (κ1) is 24.5. The molecule has 1 amide bonds. The number of benzene rings is 3. The normalized spacial score (nSPS) is 11.5. The summed E-state index contributed by atoms with van der Waals surface area (Å²) in [4.78, 5) is 13.0. The Morgan fingerprint density at radius 1 is 0.939 bits per heavy atom. The number of hydrogen-bond acceptors (Lipinski definition) is 4. The molecule has 6 nitrogen and oxygen atoms in total. The van der Waals surface area contributed by atoms with Gasteiger partial charge in [0.1, 0.15) is 5.75 Å². The molecule has 0 bridgehead atoms. The molecule has 0 heterocycles. The van der Waals surface area contributed by atoms with E-state index in [1.165, 1.54) is 16.4 Å². The molecule has 0 spiro atoms. The topological polar surface area (TPSA) is 75.7 Å². The summed E-state index contributed by atoms with van der Waals surface area (Å²) in [6.07, 6.45) is 0.893. The van der Waals surface area contributed by atoms with E-state index >= 15 is 0 Å². The van der Waals surface area contributed by atoms with E-state index in [1.54, 1.807) is 37.4 Å². The summed E-state index contributed by atoms with van der Waals surface area (Å²) in [5, 5.41) is 2.82. The minimum absolute atomic E-state index is 0.163. The van der Waals surface area contributed by atoms with Crippen molar-refractivity contribution < 1.29 is 17.9 Å². The smallest absolute Gasteiger partial charge is 0.259 e. The van der Waals surface area contributed by atoms with E-state index in [4.69, 9.17) is 4.74 Å². The largest absolute Gasteiger partial charge is 0.493 e. The van der Waals surface area contributed by atoms with Gasteiger partial charge in [0, 0.05) is 19.3 Å². The van der Waals surface area contributed by atoms with Crippen molar-refractivity contribution in [3.63, 3.8) is 0 Å². The Labute approximate surface area is 196 Å². The number of hydrogen-bond donors (Lipinski definition) is 1. The van der Waals surface area contributed by atoms with Crippen LogP contribution in [0.3, 0.4) is 0 Å². The molecule has 1 N–H and O–H groups in total. The summed E-state index contributed by atoms with van der Waals surface area (Å²) in [6, 6.07) is 22.7. The van der Waals surface area contributed by atoms with Crippen LogP contribution >= 0.6 is 0 Å². The van der Waals surface area contributed by atoms with Gasteiger partial charge in [-0.3, -0.25) is 4.79 Å². The molecule has 3 rings (SSSR count). The van der Waals surface area contributed by atoms with E-state index < -0.39 is 10.0 Å². The number of anilines is 1. The number of nitrogens with zero attached hydrogens (tertiary/aromatic N) is 1. The quantitative estimate of drug-likeness (QED) is 0.446. The Morgan fingerprint density at radius 3 is 2.24 bits per heavy atom. The van der Waals surface area contributed by atoms with Gasteiger partial charge in [-0.05, 0) is 54.3 Å². The second kappa shape index (κ2) is 11.1. The van der Waals surface area contributed by atoms with Crippen LogP contribution in [0.5, 0.6) is 5.75 Å². The number of amides is 1. The predicted octanol–water partition coefficient (Wildman–Crippen LogP) is 5.18. The van der Waals surface area contributed by atoms with Crippen LogP contribution in [-0.4, -0.2) is 32.3 Å². The lowest BCUT2D eigenvalue weighted by atomic mass is 10.1. The maximum absolute atomic E-state index is 12.9. The third-order valence-electron chi connectivity index (χ3n) is 5.15. The fraction of sp³-hybridized carbons (Fsp3) is 0.269. The highest BCUT2D eigenvalue weighted by atomic mass is 32.2. The monoisotopic (exact) mass is 466 g/mol. The number of rotatable bonds is 10. The zero-order chi connectivity index (χ0) is 23.8. The van der Waals surface area contributed by atoms with E-state index in [0.29, 0.717) is 29.5 Å². The van der Waals surface area contributed by atoms with Crippen LogP contribution in [0.2, 0.25) is 0 Å². The van der Waals surface area contributed by atoms with Gasteiger partial charge in [-0.1, -0.05) is 56.3 Å². The van der Waals surface area contributed by atoms with Crippen molar-refractivity contribution in [2.75, 3.05) is 19.0 Å². The molecule has 0 radical (unpaired) electrons. The molecule has 33 heavy (non-hydrogen) atoms. The highest BCUT2D eigenvalue weighted by Gasteiger charge is 2.21. The molecule has 0 fully saturated rings. The summed E-state index contributed by atoms with van der Waals surface area (Å²) in [5.41, 5.74) is 1.84. The van der Waals surface area contributed by atoms with Crippen molar-refractivity contribution in [3.05, 3.63) is 90.0 Å². The molecule has 0 aliphatic carbocycles. The van der Waals surface area contributed by atoms with Gasteiger partial charge in [-0.15, -0.1) is 0 Å². The Morgan fingerprint density at radius 2 is 1.58 bits per heavy atom. The molecule has 7 heteroatoms. The van der Waals surface area contributed by atoms with Gasteiger partial charge in [-0.2, -0.15) is 4.31 Å². The first-order chi connectivity index (χ1) is 15.8. The zero-order valence-corrected chi connectivity index (χ0v) is 20.0. The van der Waals surface area contributed by atoms with Crippen LogP contribution in [-0.2, 0) is 16.6 Å². The molecule has 0 aromatic heterocycles. The van der Waals surface area contributed by atoms with Crippen molar-refractivity contribution in [2.24, 2.45) is 5.92 Å². The molecule has 0 saturated carbocycles. The van der Waals surface area contributed by atoms with Crippen molar-refractivity contribution >= 4 is 21.6 Å². The average Bonchev–Trinajstić information content (AvgIpc) is 2.80. The Kier molecular flexibility index (Phi) is 8.25. The van der Waals surface area contributed by atoms with Crippen molar-refractivity contribution in [1.82, 2.24) is 4.31 Å². The summed E-state index contributed by atoms with van der Waals surface area (Å²) >= 11 is 0. The molecule has 0 atom stereocenters. The number of nitrogens with one attached hydrogen (secondary N) is 1. The SMILES string of the molecule is CC(C)CCOc1ccccc1C(=O)Nc1ccc(S(=O)(=O)N(C)Cc2ccccc2)cc1. The number of para-hydroxylation sites is 1. The lowest BCUT2D eigenvalue weighted by Gasteiger charge is -2.17. The van der Waals surface area contributed by atoms with Crippen LogP contribution in [0.4, 0.5) is 5.69 Å². The van der Waals surface area contributed by atoms with Gasteiger partial charge >= 0.3 is 0 Å². The number of carbonyl (C=O) groups is 1. The van der Waals surface area contributed by atoms with Crippen molar-refractivity contribution in [3.8, 4) is 5.75 Å². The Hall–Kier alpha value is -3.16. The molecule has 3 aromatic carbocycles. The molecule has 3 aromatic rings. The van der Waals surface area contributed by atoms with Crippen LogP contribution in [0, 0.1) is 5.92 Å². The summed E-state index contributed by atoms with van der Waals surface area (Å²) in [7, 11) is -2.11. The van der Waals surface area contributed by atoms with Gasteiger partial charge in [0.05, 0.1) is 17.1 Å². The minimum Gasteiger partial charge on any atom is -0.493 e. The van der Waals surface area contributed by atoms with Gasteiger partial charge in [-0.25, -0.2) is 8.42 Å². The second-order valence-electron chi connectivity index (χ2n) is 8.25. The summed E-state index contributed by atoms with van der Waals surface area (Å²) in [5.74, 6) is 0.719. The van der Waals surface area contributed by atoms with E-state index in [-0.39, 0.29) is 17.3 Å². The number of sulfonamides is 1. The Bertz CT molecular complexity index is 1160. The van der Waals surface area contributed by atoms with Crippen LogP contribution < -0.4 is 10.1 Å².